The van der Waals surface area contributed by atoms with Crippen LogP contribution in [-0.4, -0.2) is 61.5 Å². The van der Waals surface area contributed by atoms with Crippen LogP contribution in [0.5, 0.6) is 0 Å². The van der Waals surface area contributed by atoms with Gasteiger partial charge in [-0.3, -0.25) is 19.7 Å². The van der Waals surface area contributed by atoms with Crippen LogP contribution in [0.1, 0.15) is 31.2 Å². The van der Waals surface area contributed by atoms with Crippen LogP contribution < -0.4 is 10.6 Å². The number of methoxy groups -OCH3 is 1. The number of piperidine rings is 1. The highest BCUT2D eigenvalue weighted by atomic mass is 19.4. The Labute approximate surface area is 183 Å². The number of nitro benzene ring substituents is 1. The number of hydrogen-bond donors (Lipinski definition) is 2. The number of benzene rings is 1. The average molecular weight is 460 g/mol. The zero-order valence-corrected chi connectivity index (χ0v) is 17.7. The number of alkyl halides is 3. The van der Waals surface area contributed by atoms with Crippen molar-refractivity contribution in [2.24, 2.45) is 5.92 Å². The topological polar surface area (TPSA) is 114 Å². The number of likely N-dealkylation sites (tertiary alicyclic amines) is 1. The fraction of sp³-hybridized carbons (Fsp3) is 0.600. The van der Waals surface area contributed by atoms with E-state index in [2.05, 4.69) is 10.6 Å². The molecule has 2 amide bonds. The molecule has 0 saturated carbocycles. The molecule has 0 radical (unpaired) electrons. The van der Waals surface area contributed by atoms with Crippen molar-refractivity contribution in [3.05, 3.63) is 33.9 Å². The summed E-state index contributed by atoms with van der Waals surface area (Å²) in [5.41, 5.74) is -1.90. The summed E-state index contributed by atoms with van der Waals surface area (Å²) in [4.78, 5) is 36.4. The highest BCUT2D eigenvalue weighted by molar-refractivity contribution is 5.80. The number of carbonyl (C=O) groups excluding carboxylic acids is 2. The summed E-state index contributed by atoms with van der Waals surface area (Å²) < 4.78 is 43.2. The summed E-state index contributed by atoms with van der Waals surface area (Å²) in [5, 5.41) is 16.6. The molecule has 2 N–H and O–H groups in total. The zero-order valence-electron chi connectivity index (χ0n) is 17.7. The van der Waals surface area contributed by atoms with Gasteiger partial charge in [0, 0.05) is 58.3 Å². The van der Waals surface area contributed by atoms with Crippen LogP contribution in [0.25, 0.3) is 0 Å². The second-order valence-electron chi connectivity index (χ2n) is 7.46. The molecule has 0 unspecified atom stereocenters. The molecule has 1 aliphatic rings. The predicted molar refractivity (Wildman–Crippen MR) is 110 cm³/mol. The fourth-order valence-corrected chi connectivity index (χ4v) is 3.43. The monoisotopic (exact) mass is 460 g/mol. The van der Waals surface area contributed by atoms with Crippen molar-refractivity contribution in [2.45, 2.75) is 31.9 Å². The Kier molecular flexibility index (Phi) is 9.24. The Morgan fingerprint density at radius 1 is 1.25 bits per heavy atom. The number of nitrogens with one attached hydrogen (secondary N) is 2. The Bertz CT molecular complexity index is 811. The van der Waals surface area contributed by atoms with E-state index in [1.807, 2.05) is 0 Å². The van der Waals surface area contributed by atoms with Crippen molar-refractivity contribution < 1.29 is 32.4 Å². The lowest BCUT2D eigenvalue weighted by atomic mass is 9.95. The Hall–Kier alpha value is -2.89. The first-order valence-electron chi connectivity index (χ1n) is 10.3. The predicted octanol–water partition coefficient (Wildman–Crippen LogP) is 2.81. The van der Waals surface area contributed by atoms with Crippen molar-refractivity contribution in [2.75, 3.05) is 45.2 Å². The summed E-state index contributed by atoms with van der Waals surface area (Å²) in [6, 6.07) is 2.21. The summed E-state index contributed by atoms with van der Waals surface area (Å²) in [6.07, 6.45) is -2.86. The molecule has 0 spiro atoms. The summed E-state index contributed by atoms with van der Waals surface area (Å²) in [6.45, 7) is 1.99. The molecule has 1 fully saturated rings. The van der Waals surface area contributed by atoms with Crippen LogP contribution in [0, 0.1) is 16.0 Å². The van der Waals surface area contributed by atoms with E-state index < -0.39 is 22.4 Å². The highest BCUT2D eigenvalue weighted by Gasteiger charge is 2.33. The minimum atomic E-state index is -4.69. The van der Waals surface area contributed by atoms with Crippen molar-refractivity contribution in [1.82, 2.24) is 10.2 Å². The standard InChI is InChI=1S/C20H27F3N4O5/c1-32-12-2-8-25-19(29)14-6-10-26(11-7-14)18(28)5-9-24-16-4-3-15(20(21,22)23)13-17(16)27(30)31/h3-4,13-14,24H,2,5-12H2,1H3,(H,25,29). The Morgan fingerprint density at radius 2 is 1.94 bits per heavy atom. The molecule has 0 atom stereocenters. The lowest BCUT2D eigenvalue weighted by molar-refractivity contribution is -0.384. The molecule has 1 heterocycles. The molecule has 0 aliphatic carbocycles. The van der Waals surface area contributed by atoms with Crippen LogP contribution in [0.15, 0.2) is 18.2 Å². The van der Waals surface area contributed by atoms with E-state index in [1.54, 1.807) is 12.0 Å². The van der Waals surface area contributed by atoms with Crippen LogP contribution in [0.4, 0.5) is 24.5 Å². The smallest absolute Gasteiger partial charge is 0.385 e. The van der Waals surface area contributed by atoms with Gasteiger partial charge < -0.3 is 20.3 Å². The van der Waals surface area contributed by atoms with Crippen LogP contribution in [0.2, 0.25) is 0 Å². The average Bonchev–Trinajstić information content (AvgIpc) is 2.76. The molecule has 1 aliphatic heterocycles. The van der Waals surface area contributed by atoms with E-state index in [1.165, 1.54) is 0 Å². The maximum atomic E-state index is 12.8. The molecule has 2 rings (SSSR count). The quantitative estimate of drug-likeness (QED) is 0.315. The maximum Gasteiger partial charge on any atom is 0.416 e. The number of carbonyl (C=O) groups is 2. The van der Waals surface area contributed by atoms with E-state index in [0.717, 1.165) is 18.6 Å². The van der Waals surface area contributed by atoms with Crippen LogP contribution in [0.3, 0.4) is 0 Å². The number of amides is 2. The van der Waals surface area contributed by atoms with Gasteiger partial charge in [-0.1, -0.05) is 0 Å². The van der Waals surface area contributed by atoms with Gasteiger partial charge in [-0.15, -0.1) is 0 Å². The Morgan fingerprint density at radius 3 is 2.53 bits per heavy atom. The SMILES string of the molecule is COCCCNC(=O)C1CCN(C(=O)CCNc2ccc(C(F)(F)F)cc2[N+](=O)[O-])CC1. The summed E-state index contributed by atoms with van der Waals surface area (Å²) >= 11 is 0. The number of ether oxygens (including phenoxy) is 1. The number of rotatable bonds is 10. The Balaban J connectivity index is 1.79. The van der Waals surface area contributed by atoms with Gasteiger partial charge in [-0.2, -0.15) is 13.2 Å². The first-order valence-corrected chi connectivity index (χ1v) is 10.3. The second kappa shape index (κ2) is 11.7. The van der Waals surface area contributed by atoms with Gasteiger partial charge in [0.15, 0.2) is 0 Å². The van der Waals surface area contributed by atoms with E-state index in [4.69, 9.17) is 4.74 Å². The molecule has 9 nitrogen and oxygen atoms in total. The van der Waals surface area contributed by atoms with Crippen LogP contribution in [-0.2, 0) is 20.5 Å². The van der Waals surface area contributed by atoms with Gasteiger partial charge in [0.2, 0.25) is 11.8 Å². The highest BCUT2D eigenvalue weighted by Crippen LogP contribution is 2.34. The molecule has 178 valence electrons. The zero-order chi connectivity index (χ0) is 23.7. The number of anilines is 1. The molecule has 0 bridgehead atoms. The molecular weight excluding hydrogens is 433 g/mol. The molecule has 0 aromatic heterocycles. The minimum absolute atomic E-state index is 0.0199. The summed E-state index contributed by atoms with van der Waals surface area (Å²) in [7, 11) is 1.59. The van der Waals surface area contributed by atoms with Crippen LogP contribution >= 0.6 is 0 Å². The fourth-order valence-electron chi connectivity index (χ4n) is 3.43. The summed E-state index contributed by atoms with van der Waals surface area (Å²) in [5.74, 6) is -0.384. The largest absolute Gasteiger partial charge is 0.416 e. The molecule has 1 saturated heterocycles. The van der Waals surface area contributed by atoms with E-state index in [9.17, 15) is 32.9 Å². The van der Waals surface area contributed by atoms with Gasteiger partial charge in [-0.25, -0.2) is 0 Å². The number of nitro groups is 1. The van der Waals surface area contributed by atoms with Gasteiger partial charge in [0.1, 0.15) is 5.69 Å². The van der Waals surface area contributed by atoms with Gasteiger partial charge in [0.05, 0.1) is 10.5 Å². The van der Waals surface area contributed by atoms with E-state index in [-0.39, 0.29) is 36.4 Å². The lowest BCUT2D eigenvalue weighted by Crippen LogP contribution is -2.43. The second-order valence-corrected chi connectivity index (χ2v) is 7.46. The first-order chi connectivity index (χ1) is 15.1. The molecule has 1 aromatic rings. The van der Waals surface area contributed by atoms with Crippen molar-refractivity contribution in [3.63, 3.8) is 0 Å². The first kappa shape index (κ1) is 25.4. The molecule has 1 aromatic carbocycles. The van der Waals surface area contributed by atoms with Crippen molar-refractivity contribution >= 4 is 23.2 Å². The molecular formula is C20H27F3N4O5. The molecule has 12 heteroatoms. The number of nitrogens with zero attached hydrogens (tertiary/aromatic N) is 2. The third-order valence-electron chi connectivity index (χ3n) is 5.22. The third-order valence-corrected chi connectivity index (χ3v) is 5.22. The van der Waals surface area contributed by atoms with E-state index >= 15 is 0 Å². The van der Waals surface area contributed by atoms with Gasteiger partial charge in [0.25, 0.3) is 5.69 Å². The minimum Gasteiger partial charge on any atom is -0.385 e. The number of hydrogen-bond acceptors (Lipinski definition) is 6. The van der Waals surface area contributed by atoms with Crippen molar-refractivity contribution in [1.29, 1.82) is 0 Å². The third kappa shape index (κ3) is 7.36. The van der Waals surface area contributed by atoms with Gasteiger partial charge >= 0.3 is 6.18 Å². The maximum absolute atomic E-state index is 12.8. The molecule has 32 heavy (non-hydrogen) atoms. The van der Waals surface area contributed by atoms with E-state index in [0.29, 0.717) is 45.1 Å². The number of halogens is 3. The van der Waals surface area contributed by atoms with Gasteiger partial charge in [-0.05, 0) is 31.4 Å². The normalized spacial score (nSPS) is 14.8. The van der Waals surface area contributed by atoms with Crippen molar-refractivity contribution in [3.8, 4) is 0 Å². The lowest BCUT2D eigenvalue weighted by Gasteiger charge is -2.31.